The van der Waals surface area contributed by atoms with Crippen LogP contribution >= 0.6 is 0 Å². The summed E-state index contributed by atoms with van der Waals surface area (Å²) in [5, 5.41) is 3.23. The van der Waals surface area contributed by atoms with E-state index >= 15 is 0 Å². The normalized spacial score (nSPS) is 14.5. The number of amides is 1. The van der Waals surface area contributed by atoms with E-state index in [0.29, 0.717) is 42.4 Å². The number of sulfone groups is 1. The highest BCUT2D eigenvalue weighted by Gasteiger charge is 2.22. The van der Waals surface area contributed by atoms with Crippen LogP contribution in [0.5, 0.6) is 0 Å². The Kier molecular flexibility index (Phi) is 6.07. The molecule has 0 fully saturated rings. The molecular formula is C22H26N6O4S. The second-order valence-electron chi connectivity index (χ2n) is 8.15. The third kappa shape index (κ3) is 4.82. The van der Waals surface area contributed by atoms with Crippen molar-refractivity contribution in [1.29, 1.82) is 0 Å². The predicted octanol–water partition coefficient (Wildman–Crippen LogP) is 3.21. The first-order valence-electron chi connectivity index (χ1n) is 10.5. The number of nitrogens with zero attached hydrogens (tertiary/aromatic N) is 5. The number of fused-ring (bicyclic) bond motifs is 1. The van der Waals surface area contributed by atoms with E-state index in [4.69, 9.17) is 4.74 Å². The average Bonchev–Trinajstić information content (AvgIpc) is 3.19. The van der Waals surface area contributed by atoms with Crippen molar-refractivity contribution < 1.29 is 17.9 Å². The lowest BCUT2D eigenvalue weighted by Gasteiger charge is -2.26. The topological polar surface area (TPSA) is 119 Å². The fourth-order valence-corrected chi connectivity index (χ4v) is 4.21. The molecule has 1 aliphatic heterocycles. The minimum absolute atomic E-state index is 0.0235. The summed E-state index contributed by atoms with van der Waals surface area (Å²) in [4.78, 5) is 26.9. The molecule has 11 heteroatoms. The molecule has 0 saturated heterocycles. The van der Waals surface area contributed by atoms with Crippen molar-refractivity contribution in [3.63, 3.8) is 0 Å². The smallest absolute Gasteiger partial charge is 0.410 e. The van der Waals surface area contributed by atoms with Gasteiger partial charge in [0.2, 0.25) is 0 Å². The summed E-state index contributed by atoms with van der Waals surface area (Å²) in [6, 6.07) is 3.13. The molecule has 4 rings (SSSR count). The molecule has 1 N–H and O–H groups in total. The van der Waals surface area contributed by atoms with Crippen LogP contribution in [0.3, 0.4) is 0 Å². The Hall–Kier alpha value is -3.47. The zero-order chi connectivity index (χ0) is 23.8. The van der Waals surface area contributed by atoms with Gasteiger partial charge in [-0.25, -0.2) is 28.2 Å². The fourth-order valence-electron chi connectivity index (χ4n) is 3.59. The van der Waals surface area contributed by atoms with Crippen LogP contribution in [-0.2, 0) is 14.6 Å². The lowest BCUT2D eigenvalue weighted by molar-refractivity contribution is 0.0799. The number of anilines is 2. The van der Waals surface area contributed by atoms with Crippen molar-refractivity contribution >= 4 is 38.7 Å². The first kappa shape index (κ1) is 22.7. The molecule has 3 aromatic rings. The average molecular weight is 471 g/mol. The number of nitrogens with one attached hydrogen (secondary N) is 1. The van der Waals surface area contributed by atoms with Crippen molar-refractivity contribution in [2.45, 2.75) is 38.3 Å². The lowest BCUT2D eigenvalue weighted by Crippen LogP contribution is -2.36. The number of hydrogen-bond acceptors (Lipinski definition) is 8. The van der Waals surface area contributed by atoms with Gasteiger partial charge in [0, 0.05) is 31.7 Å². The Labute approximate surface area is 192 Å². The van der Waals surface area contributed by atoms with Gasteiger partial charge in [-0.05, 0) is 44.9 Å². The number of ether oxygens (including phenoxy) is 1. The molecule has 4 heterocycles. The van der Waals surface area contributed by atoms with Gasteiger partial charge >= 0.3 is 6.09 Å². The monoisotopic (exact) mass is 470 g/mol. The molecular weight excluding hydrogens is 444 g/mol. The Morgan fingerprint density at radius 3 is 2.67 bits per heavy atom. The summed E-state index contributed by atoms with van der Waals surface area (Å²) >= 11 is 0. The fraction of sp³-hybridized carbons (Fsp3) is 0.364. The van der Waals surface area contributed by atoms with Gasteiger partial charge in [0.15, 0.2) is 26.3 Å². The summed E-state index contributed by atoms with van der Waals surface area (Å²) in [7, 11) is -3.38. The summed E-state index contributed by atoms with van der Waals surface area (Å²) in [6.07, 6.45) is 8.66. The van der Waals surface area contributed by atoms with Gasteiger partial charge in [-0.1, -0.05) is 6.08 Å². The number of carbonyl (C=O) groups is 1. The maximum absolute atomic E-state index is 12.1. The highest BCUT2D eigenvalue weighted by molar-refractivity contribution is 7.90. The van der Waals surface area contributed by atoms with Gasteiger partial charge in [-0.3, -0.25) is 4.40 Å². The SMILES string of the molecule is Cc1nc(S(C)(=O)=O)ccc1Nc1nccn2c(C3=CCN(C(=O)OC(C)C)CC3)cnc12. The van der Waals surface area contributed by atoms with Crippen molar-refractivity contribution in [2.75, 3.05) is 24.7 Å². The molecule has 0 atom stereocenters. The lowest BCUT2D eigenvalue weighted by atomic mass is 10.1. The Balaban J connectivity index is 1.58. The molecule has 10 nitrogen and oxygen atoms in total. The molecule has 0 aromatic carbocycles. The van der Waals surface area contributed by atoms with Gasteiger partial charge in [-0.15, -0.1) is 0 Å². The van der Waals surface area contributed by atoms with Crippen LogP contribution in [0.1, 0.15) is 31.7 Å². The van der Waals surface area contributed by atoms with Crippen LogP contribution in [0, 0.1) is 6.92 Å². The highest BCUT2D eigenvalue weighted by atomic mass is 32.2. The van der Waals surface area contributed by atoms with Crippen molar-refractivity contribution in [3.05, 3.63) is 48.2 Å². The van der Waals surface area contributed by atoms with E-state index in [-0.39, 0.29) is 17.2 Å². The number of imidazole rings is 1. The first-order valence-corrected chi connectivity index (χ1v) is 12.4. The van der Waals surface area contributed by atoms with E-state index in [9.17, 15) is 13.2 Å². The minimum Gasteiger partial charge on any atom is -0.447 e. The number of pyridine rings is 1. The zero-order valence-corrected chi connectivity index (χ0v) is 19.8. The van der Waals surface area contributed by atoms with Crippen LogP contribution in [0.15, 0.2) is 41.8 Å². The Morgan fingerprint density at radius 1 is 1.24 bits per heavy atom. The molecule has 33 heavy (non-hydrogen) atoms. The number of rotatable bonds is 5. The van der Waals surface area contributed by atoms with Gasteiger partial charge in [-0.2, -0.15) is 0 Å². The van der Waals surface area contributed by atoms with E-state index in [0.717, 1.165) is 17.5 Å². The molecule has 1 amide bonds. The van der Waals surface area contributed by atoms with Gasteiger partial charge in [0.05, 0.1) is 29.4 Å². The quantitative estimate of drug-likeness (QED) is 0.604. The molecule has 3 aromatic heterocycles. The summed E-state index contributed by atoms with van der Waals surface area (Å²) in [6.45, 7) is 6.44. The van der Waals surface area contributed by atoms with E-state index < -0.39 is 9.84 Å². The molecule has 0 aliphatic carbocycles. The Bertz CT molecular complexity index is 1350. The van der Waals surface area contributed by atoms with Gasteiger partial charge in [0.1, 0.15) is 0 Å². The minimum atomic E-state index is -3.38. The summed E-state index contributed by atoms with van der Waals surface area (Å²) in [5.74, 6) is 0.527. The van der Waals surface area contributed by atoms with Crippen molar-refractivity contribution in [3.8, 4) is 0 Å². The maximum atomic E-state index is 12.1. The van der Waals surface area contributed by atoms with E-state index in [2.05, 4.69) is 20.3 Å². The molecule has 174 valence electrons. The summed E-state index contributed by atoms with van der Waals surface area (Å²) < 4.78 is 30.7. The molecule has 0 spiro atoms. The van der Waals surface area contributed by atoms with E-state index in [1.165, 1.54) is 6.07 Å². The second-order valence-corrected chi connectivity index (χ2v) is 10.1. The largest absolute Gasteiger partial charge is 0.447 e. The molecule has 0 radical (unpaired) electrons. The van der Waals surface area contributed by atoms with E-state index in [1.54, 1.807) is 30.3 Å². The van der Waals surface area contributed by atoms with E-state index in [1.807, 2.05) is 30.5 Å². The third-order valence-electron chi connectivity index (χ3n) is 5.25. The van der Waals surface area contributed by atoms with Crippen LogP contribution in [0.2, 0.25) is 0 Å². The number of carbonyl (C=O) groups excluding carboxylic acids is 1. The first-order chi connectivity index (χ1) is 15.6. The Morgan fingerprint density at radius 2 is 2.03 bits per heavy atom. The van der Waals surface area contributed by atoms with Crippen LogP contribution < -0.4 is 5.32 Å². The zero-order valence-electron chi connectivity index (χ0n) is 18.9. The number of aryl methyl sites for hydroxylation is 1. The van der Waals surface area contributed by atoms with Gasteiger partial charge in [0.25, 0.3) is 0 Å². The maximum Gasteiger partial charge on any atom is 0.410 e. The third-order valence-corrected chi connectivity index (χ3v) is 6.24. The van der Waals surface area contributed by atoms with Crippen LogP contribution in [0.25, 0.3) is 11.2 Å². The van der Waals surface area contributed by atoms with Crippen molar-refractivity contribution in [1.82, 2.24) is 24.3 Å². The molecule has 1 aliphatic rings. The molecule has 0 saturated carbocycles. The van der Waals surface area contributed by atoms with Crippen LogP contribution in [0.4, 0.5) is 16.3 Å². The number of hydrogen-bond donors (Lipinski definition) is 1. The molecule has 0 bridgehead atoms. The molecule has 0 unspecified atom stereocenters. The predicted molar refractivity (Wildman–Crippen MR) is 124 cm³/mol. The number of aromatic nitrogens is 4. The standard InChI is InChI=1S/C22H26N6O4S/c1-14(2)32-22(29)27-10-7-16(8-11-27)18-13-24-21-20(23-9-12-28(18)21)26-17-5-6-19(25-15(17)3)33(4,30)31/h5-7,9,12-14H,8,10-11H2,1-4H3,(H,23,26). The second kappa shape index (κ2) is 8.81. The highest BCUT2D eigenvalue weighted by Crippen LogP contribution is 2.27. The van der Waals surface area contributed by atoms with Crippen LogP contribution in [-0.4, -0.2) is 64.2 Å². The van der Waals surface area contributed by atoms with Gasteiger partial charge < -0.3 is 15.0 Å². The summed E-state index contributed by atoms with van der Waals surface area (Å²) in [5.41, 5.74) is 3.82. The van der Waals surface area contributed by atoms with Crippen molar-refractivity contribution in [2.24, 2.45) is 0 Å².